The van der Waals surface area contributed by atoms with Crippen LogP contribution < -0.4 is 0 Å². The molecule has 128 valence electrons. The molecule has 1 unspecified atom stereocenters. The molecule has 1 heterocycles. The minimum Gasteiger partial charge on any atom is -0.352 e. The predicted octanol–water partition coefficient (Wildman–Crippen LogP) is 5.93. The third-order valence-electron chi connectivity index (χ3n) is 4.74. The largest absolute Gasteiger partial charge is 0.352 e. The van der Waals surface area contributed by atoms with Crippen molar-refractivity contribution in [3.63, 3.8) is 0 Å². The molecule has 0 amide bonds. The van der Waals surface area contributed by atoms with Gasteiger partial charge in [-0.05, 0) is 25.8 Å². The molecular weight excluding hydrogens is 280 g/mol. The lowest BCUT2D eigenvalue weighted by Gasteiger charge is -2.35. The van der Waals surface area contributed by atoms with Crippen LogP contribution in [0.2, 0.25) is 0 Å². The summed E-state index contributed by atoms with van der Waals surface area (Å²) in [7, 11) is 0. The molecule has 0 aromatic heterocycles. The van der Waals surface area contributed by atoms with Gasteiger partial charge in [0.25, 0.3) is 0 Å². The highest BCUT2D eigenvalue weighted by molar-refractivity contribution is 5.22. The van der Waals surface area contributed by atoms with E-state index < -0.39 is 0 Å². The molecule has 0 spiro atoms. The Hall–Kier alpha value is -1.44. The Bertz CT molecular complexity index is 452. The van der Waals surface area contributed by atoms with Crippen molar-refractivity contribution in [1.29, 1.82) is 0 Å². The second-order valence-corrected chi connectivity index (χ2v) is 6.98. The monoisotopic (exact) mass is 314 g/mol. The van der Waals surface area contributed by atoms with Gasteiger partial charge in [-0.15, -0.1) is 0 Å². The van der Waals surface area contributed by atoms with Gasteiger partial charge in [0.15, 0.2) is 0 Å². The van der Waals surface area contributed by atoms with Crippen molar-refractivity contribution < 1.29 is 0 Å². The molecule has 0 N–H and O–H groups in total. The molecule has 0 saturated carbocycles. The van der Waals surface area contributed by atoms with E-state index in [2.05, 4.69) is 73.3 Å². The highest BCUT2D eigenvalue weighted by Crippen LogP contribution is 2.32. The maximum atomic E-state index is 2.52. The van der Waals surface area contributed by atoms with Gasteiger partial charge in [-0.1, -0.05) is 75.8 Å². The van der Waals surface area contributed by atoms with Gasteiger partial charge in [0.1, 0.15) is 6.17 Å². The first-order valence-corrected chi connectivity index (χ1v) is 9.50. The number of hydrogen-bond acceptors (Lipinski definition) is 2. The van der Waals surface area contributed by atoms with Crippen LogP contribution in [0, 0.1) is 0 Å². The summed E-state index contributed by atoms with van der Waals surface area (Å²) in [5.41, 5.74) is 1.40. The smallest absolute Gasteiger partial charge is 0.127 e. The van der Waals surface area contributed by atoms with Crippen molar-refractivity contribution in [1.82, 2.24) is 9.80 Å². The van der Waals surface area contributed by atoms with Crippen molar-refractivity contribution in [2.24, 2.45) is 0 Å². The van der Waals surface area contributed by atoms with E-state index in [9.17, 15) is 0 Å². The number of benzene rings is 1. The molecule has 2 rings (SSSR count). The van der Waals surface area contributed by atoms with Crippen molar-refractivity contribution in [3.05, 3.63) is 48.3 Å². The van der Waals surface area contributed by atoms with Gasteiger partial charge in [0.2, 0.25) is 0 Å². The minimum absolute atomic E-state index is 0.372. The summed E-state index contributed by atoms with van der Waals surface area (Å²) < 4.78 is 0. The van der Waals surface area contributed by atoms with E-state index in [1.54, 1.807) is 0 Å². The Balaban J connectivity index is 1.84. The van der Waals surface area contributed by atoms with Crippen molar-refractivity contribution >= 4 is 0 Å². The fourth-order valence-electron chi connectivity index (χ4n) is 3.39. The Morgan fingerprint density at radius 2 is 1.52 bits per heavy atom. The van der Waals surface area contributed by atoms with Crippen LogP contribution in [0.5, 0.6) is 0 Å². The van der Waals surface area contributed by atoms with Gasteiger partial charge in [-0.25, -0.2) is 0 Å². The van der Waals surface area contributed by atoms with Crippen molar-refractivity contribution in [3.8, 4) is 0 Å². The lowest BCUT2D eigenvalue weighted by molar-refractivity contribution is 0.126. The van der Waals surface area contributed by atoms with Crippen molar-refractivity contribution in [2.45, 2.75) is 77.9 Å². The first kappa shape index (κ1) is 17.9. The highest BCUT2D eigenvalue weighted by atomic mass is 15.4. The lowest BCUT2D eigenvalue weighted by atomic mass is 10.1. The summed E-state index contributed by atoms with van der Waals surface area (Å²) in [5.74, 6) is 0. The van der Waals surface area contributed by atoms with E-state index in [1.807, 2.05) is 0 Å². The third-order valence-corrected chi connectivity index (χ3v) is 4.74. The quantitative estimate of drug-likeness (QED) is 0.494. The summed E-state index contributed by atoms with van der Waals surface area (Å²) in [5, 5.41) is 0. The molecule has 2 heteroatoms. The molecule has 1 aromatic rings. The maximum Gasteiger partial charge on any atom is 0.127 e. The van der Waals surface area contributed by atoms with Crippen LogP contribution in [0.25, 0.3) is 0 Å². The number of rotatable bonds is 10. The molecule has 0 bridgehead atoms. The first-order valence-electron chi connectivity index (χ1n) is 9.50. The van der Waals surface area contributed by atoms with Crippen molar-refractivity contribution in [2.75, 3.05) is 6.54 Å². The maximum absolute atomic E-state index is 2.52. The molecule has 0 fully saturated rings. The third kappa shape index (κ3) is 5.30. The van der Waals surface area contributed by atoms with Crippen LogP contribution in [0.3, 0.4) is 0 Å². The van der Waals surface area contributed by atoms with Crippen LogP contribution in [-0.4, -0.2) is 22.4 Å². The number of hydrogen-bond donors (Lipinski definition) is 0. The molecule has 0 radical (unpaired) electrons. The molecule has 2 nitrogen and oxygen atoms in total. The zero-order valence-electron chi connectivity index (χ0n) is 15.2. The van der Waals surface area contributed by atoms with Crippen LogP contribution in [-0.2, 0) is 0 Å². The van der Waals surface area contributed by atoms with Gasteiger partial charge in [0, 0.05) is 25.0 Å². The zero-order valence-corrected chi connectivity index (χ0v) is 15.2. The van der Waals surface area contributed by atoms with Gasteiger partial charge in [-0.2, -0.15) is 0 Å². The Morgan fingerprint density at radius 1 is 0.870 bits per heavy atom. The van der Waals surface area contributed by atoms with E-state index in [4.69, 9.17) is 0 Å². The Labute approximate surface area is 143 Å². The van der Waals surface area contributed by atoms with E-state index in [0.29, 0.717) is 12.2 Å². The van der Waals surface area contributed by atoms with Gasteiger partial charge in [0.05, 0.1) is 0 Å². The van der Waals surface area contributed by atoms with Gasteiger partial charge < -0.3 is 9.80 Å². The van der Waals surface area contributed by atoms with E-state index in [0.717, 1.165) is 6.54 Å². The van der Waals surface area contributed by atoms with Crippen LogP contribution >= 0.6 is 0 Å². The topological polar surface area (TPSA) is 6.48 Å². The normalized spacial score (nSPS) is 17.5. The van der Waals surface area contributed by atoms with Crippen LogP contribution in [0.1, 0.15) is 77.4 Å². The van der Waals surface area contributed by atoms with E-state index in [-0.39, 0.29) is 0 Å². The molecule has 1 aliphatic heterocycles. The molecular formula is C21H34N2. The standard InChI is InChI=1S/C21H34N2/c1-4-5-6-7-8-9-13-16-22-17-18-23(19(2)3)21(22)20-14-11-10-12-15-20/h10-12,14-15,17-19,21H,4-9,13,16H2,1-3H3. The second-order valence-electron chi connectivity index (χ2n) is 6.98. The first-order chi connectivity index (χ1) is 11.2. The van der Waals surface area contributed by atoms with E-state index in [1.165, 1.54) is 50.5 Å². The molecule has 1 aliphatic rings. The van der Waals surface area contributed by atoms with Gasteiger partial charge in [-0.3, -0.25) is 0 Å². The Kier molecular flexibility index (Phi) is 7.51. The predicted molar refractivity (Wildman–Crippen MR) is 100.0 cm³/mol. The molecule has 0 aliphatic carbocycles. The Morgan fingerprint density at radius 3 is 2.17 bits per heavy atom. The summed E-state index contributed by atoms with van der Waals surface area (Å²) in [6.45, 7) is 7.99. The van der Waals surface area contributed by atoms with Gasteiger partial charge >= 0.3 is 0 Å². The molecule has 1 atom stereocenters. The highest BCUT2D eigenvalue weighted by Gasteiger charge is 2.28. The average molecular weight is 315 g/mol. The summed E-state index contributed by atoms with van der Waals surface area (Å²) >= 11 is 0. The number of nitrogens with zero attached hydrogens (tertiary/aromatic N) is 2. The summed E-state index contributed by atoms with van der Waals surface area (Å²) in [6, 6.07) is 11.4. The summed E-state index contributed by atoms with van der Waals surface area (Å²) in [4.78, 5) is 4.98. The average Bonchev–Trinajstić information content (AvgIpc) is 2.99. The molecule has 23 heavy (non-hydrogen) atoms. The number of unbranched alkanes of at least 4 members (excludes halogenated alkanes) is 6. The fraction of sp³-hybridized carbons (Fsp3) is 0.619. The van der Waals surface area contributed by atoms with Crippen LogP contribution in [0.15, 0.2) is 42.7 Å². The summed E-state index contributed by atoms with van der Waals surface area (Å²) in [6.07, 6.45) is 14.5. The molecule has 0 saturated heterocycles. The van der Waals surface area contributed by atoms with Crippen LogP contribution in [0.4, 0.5) is 0 Å². The van der Waals surface area contributed by atoms with E-state index >= 15 is 0 Å². The zero-order chi connectivity index (χ0) is 16.5. The fourth-order valence-corrected chi connectivity index (χ4v) is 3.39. The lowest BCUT2D eigenvalue weighted by Crippen LogP contribution is -2.35. The molecule has 1 aromatic carbocycles. The minimum atomic E-state index is 0.372. The SMILES string of the molecule is CCCCCCCCCN1C=CN(C(C)C)C1c1ccccc1. The second kappa shape index (κ2) is 9.64.